The Labute approximate surface area is 269 Å². The van der Waals surface area contributed by atoms with Crippen molar-refractivity contribution in [1.29, 1.82) is 0 Å². The number of amides is 1. The van der Waals surface area contributed by atoms with Crippen molar-refractivity contribution < 1.29 is 18.7 Å². The van der Waals surface area contributed by atoms with Crippen LogP contribution >= 0.6 is 11.6 Å². The first kappa shape index (κ1) is 31.5. The largest absolute Gasteiger partial charge is 0.491 e. The number of hydrogen-bond donors (Lipinski definition) is 2. The number of hydrogen-bond acceptors (Lipinski definition) is 7. The number of allylic oxidation sites excluding steroid dienone is 2. The lowest BCUT2D eigenvalue weighted by Gasteiger charge is -2.30. The van der Waals surface area contributed by atoms with Gasteiger partial charge in [0.2, 0.25) is 6.41 Å². The third-order valence-corrected chi connectivity index (χ3v) is 10.1. The first-order valence-electron chi connectivity index (χ1n) is 15.8. The van der Waals surface area contributed by atoms with Crippen molar-refractivity contribution in [1.82, 2.24) is 14.9 Å². The molecule has 0 radical (unpaired) electrons. The molecule has 4 aliphatic rings. The Balaban J connectivity index is 0.000000248. The number of piperidine rings is 1. The van der Waals surface area contributed by atoms with Gasteiger partial charge < -0.3 is 25.0 Å². The maximum absolute atomic E-state index is 13.5. The fourth-order valence-corrected chi connectivity index (χ4v) is 7.10. The van der Waals surface area contributed by atoms with E-state index in [1.165, 1.54) is 57.0 Å². The van der Waals surface area contributed by atoms with Gasteiger partial charge in [0.1, 0.15) is 23.7 Å². The molecule has 2 aromatic carbocycles. The van der Waals surface area contributed by atoms with Crippen molar-refractivity contribution in [2.24, 2.45) is 17.3 Å². The van der Waals surface area contributed by atoms with Gasteiger partial charge in [0, 0.05) is 17.1 Å². The predicted octanol–water partition coefficient (Wildman–Crippen LogP) is 7.53. The molecule has 2 N–H and O–H groups in total. The summed E-state index contributed by atoms with van der Waals surface area (Å²) in [6.45, 7) is 5.83. The number of benzene rings is 2. The number of likely N-dealkylation sites (tertiary alicyclic amines) is 1. The summed E-state index contributed by atoms with van der Waals surface area (Å²) in [6.07, 6.45) is 16.6. The molecule has 3 atom stereocenters. The van der Waals surface area contributed by atoms with Crippen molar-refractivity contribution in [3.8, 4) is 5.75 Å². The summed E-state index contributed by atoms with van der Waals surface area (Å²) in [5.74, 6) is 1.92. The zero-order valence-electron chi connectivity index (χ0n) is 25.9. The lowest BCUT2D eigenvalue weighted by atomic mass is 9.91. The van der Waals surface area contributed by atoms with Crippen molar-refractivity contribution in [3.63, 3.8) is 0 Å². The van der Waals surface area contributed by atoms with Gasteiger partial charge in [-0.1, -0.05) is 35.4 Å². The third kappa shape index (κ3) is 7.32. The Hall–Kier alpha value is -3.53. The number of anilines is 3. The zero-order chi connectivity index (χ0) is 31.4. The summed E-state index contributed by atoms with van der Waals surface area (Å²) in [7, 11) is 2.17. The molecule has 3 unspecified atom stereocenters. The molecule has 1 aromatic heterocycles. The van der Waals surface area contributed by atoms with Crippen molar-refractivity contribution in [3.05, 3.63) is 71.3 Å². The molecule has 3 heterocycles. The highest BCUT2D eigenvalue weighted by Crippen LogP contribution is 2.59. The molecule has 2 bridgehead atoms. The van der Waals surface area contributed by atoms with E-state index in [0.717, 1.165) is 25.6 Å². The van der Waals surface area contributed by atoms with E-state index in [9.17, 15) is 9.18 Å². The van der Waals surface area contributed by atoms with E-state index >= 15 is 0 Å². The van der Waals surface area contributed by atoms with Gasteiger partial charge in [-0.2, -0.15) is 0 Å². The van der Waals surface area contributed by atoms with Crippen LogP contribution in [0.5, 0.6) is 5.75 Å². The van der Waals surface area contributed by atoms with Crippen LogP contribution < -0.4 is 15.4 Å². The Bertz CT molecular complexity index is 1590. The Morgan fingerprint density at radius 1 is 1.22 bits per heavy atom. The number of ether oxygens (including phenoxy) is 2. The van der Waals surface area contributed by atoms with Crippen LogP contribution in [-0.4, -0.2) is 60.7 Å². The molecule has 2 aliphatic carbocycles. The number of rotatable bonds is 9. The summed E-state index contributed by atoms with van der Waals surface area (Å²) in [5, 5.41) is 6.58. The fraction of sp³-hybridized carbons (Fsp3) is 0.457. The maximum Gasteiger partial charge on any atom is 0.211 e. The third-order valence-electron chi connectivity index (χ3n) is 9.78. The van der Waals surface area contributed by atoms with Gasteiger partial charge in [0.15, 0.2) is 0 Å². The summed E-state index contributed by atoms with van der Waals surface area (Å²) < 4.78 is 25.3. The zero-order valence-corrected chi connectivity index (χ0v) is 26.7. The van der Waals surface area contributed by atoms with Crippen molar-refractivity contribution in [2.75, 3.05) is 44.0 Å². The minimum atomic E-state index is -0.494. The van der Waals surface area contributed by atoms with E-state index in [4.69, 9.17) is 21.1 Å². The highest BCUT2D eigenvalue weighted by atomic mass is 35.5. The van der Waals surface area contributed by atoms with E-state index in [-0.39, 0.29) is 5.02 Å². The van der Waals surface area contributed by atoms with Gasteiger partial charge in [0.05, 0.1) is 35.5 Å². The lowest BCUT2D eigenvalue weighted by Crippen LogP contribution is -2.32. The molecule has 238 valence electrons. The van der Waals surface area contributed by atoms with Gasteiger partial charge in [-0.05, 0) is 107 Å². The molecular weight excluding hydrogens is 593 g/mol. The second kappa shape index (κ2) is 13.8. The molecule has 10 heteroatoms. The summed E-state index contributed by atoms with van der Waals surface area (Å²) in [5.41, 5.74) is 3.85. The summed E-state index contributed by atoms with van der Waals surface area (Å²) in [6, 6.07) is 7.95. The molecule has 2 saturated carbocycles. The van der Waals surface area contributed by atoms with Gasteiger partial charge >= 0.3 is 0 Å². The smallest absolute Gasteiger partial charge is 0.211 e. The van der Waals surface area contributed by atoms with E-state index in [1.807, 2.05) is 6.07 Å². The monoisotopic (exact) mass is 633 g/mol. The van der Waals surface area contributed by atoms with Crippen LogP contribution in [-0.2, 0) is 9.53 Å². The fourth-order valence-electron chi connectivity index (χ4n) is 6.92. The maximum atomic E-state index is 13.5. The quantitative estimate of drug-likeness (QED) is 0.186. The Kier molecular flexibility index (Phi) is 9.68. The van der Waals surface area contributed by atoms with Gasteiger partial charge in [-0.15, -0.1) is 0 Å². The van der Waals surface area contributed by atoms with Crippen LogP contribution in [0.15, 0.2) is 60.5 Å². The van der Waals surface area contributed by atoms with Gasteiger partial charge in [-0.3, -0.25) is 4.79 Å². The topological polar surface area (TPSA) is 88.6 Å². The summed E-state index contributed by atoms with van der Waals surface area (Å²) in [4.78, 5) is 22.3. The normalized spacial score (nSPS) is 23.4. The standard InChI is InChI=1S/C24H25ClFN5O2.C11H16O/c1-31-6-4-24(5-7-31)11-15(24)12-33-22-10-20-17(9-21(22)29-14-32)23(28-13-27-20)30-16-2-3-19(26)18(25)8-16;1-2-3-4-9-7-11-8-10(9)5-6-12-11/h2-3,8-10,13-15H,4-7,11-12H2,1H3,(H,29,32)(H,27,28,30);2-3,5,9,11H,4,6-8H2,1H3/b;3-2+. The number of aromatic nitrogens is 2. The first-order chi connectivity index (χ1) is 21.9. The van der Waals surface area contributed by atoms with E-state index in [0.29, 0.717) is 64.3 Å². The van der Waals surface area contributed by atoms with E-state index in [1.54, 1.807) is 17.7 Å². The SMILES string of the molecule is C/C=C/CC1CC2CC1=CCO2.CN1CCC2(CC1)CC2COc1cc2ncnc(Nc3ccc(F)c(Cl)c3)c2cc1NC=O. The van der Waals surface area contributed by atoms with E-state index < -0.39 is 5.82 Å². The van der Waals surface area contributed by atoms with Gasteiger partial charge in [0.25, 0.3) is 0 Å². The Morgan fingerprint density at radius 2 is 2.07 bits per heavy atom. The number of carbonyl (C=O) groups excluding carboxylic acids is 1. The number of fused-ring (bicyclic) bond motifs is 3. The average molecular weight is 634 g/mol. The minimum absolute atomic E-state index is 0.0137. The number of nitrogens with zero attached hydrogens (tertiary/aromatic N) is 3. The van der Waals surface area contributed by atoms with Crippen LogP contribution in [0, 0.1) is 23.1 Å². The lowest BCUT2D eigenvalue weighted by molar-refractivity contribution is -0.105. The number of nitrogens with one attached hydrogen (secondary N) is 2. The van der Waals surface area contributed by atoms with Gasteiger partial charge in [-0.25, -0.2) is 14.4 Å². The molecule has 1 saturated heterocycles. The molecule has 1 amide bonds. The number of carbonyl (C=O) groups is 1. The highest BCUT2D eigenvalue weighted by Gasteiger charge is 2.54. The Morgan fingerprint density at radius 3 is 2.82 bits per heavy atom. The van der Waals surface area contributed by atoms with Crippen LogP contribution in [0.25, 0.3) is 10.9 Å². The molecule has 3 fully saturated rings. The second-order valence-electron chi connectivity index (χ2n) is 12.7. The van der Waals surface area contributed by atoms with E-state index in [2.05, 4.69) is 57.7 Å². The van der Waals surface area contributed by atoms with Crippen LogP contribution in [0.1, 0.15) is 45.4 Å². The van der Waals surface area contributed by atoms with Crippen molar-refractivity contribution in [2.45, 2.75) is 51.6 Å². The predicted molar refractivity (Wildman–Crippen MR) is 177 cm³/mol. The second-order valence-corrected chi connectivity index (χ2v) is 13.1. The molecule has 7 rings (SSSR count). The highest BCUT2D eigenvalue weighted by molar-refractivity contribution is 6.31. The van der Waals surface area contributed by atoms with Crippen LogP contribution in [0.2, 0.25) is 5.02 Å². The molecule has 8 nitrogen and oxygen atoms in total. The minimum Gasteiger partial charge on any atom is -0.491 e. The first-order valence-corrected chi connectivity index (χ1v) is 16.2. The molecule has 3 aromatic rings. The van der Waals surface area contributed by atoms with Crippen LogP contribution in [0.4, 0.5) is 21.6 Å². The molecule has 1 spiro atoms. The average Bonchev–Trinajstić information content (AvgIpc) is 3.65. The number of halogens is 2. The van der Waals surface area contributed by atoms with Crippen LogP contribution in [0.3, 0.4) is 0 Å². The van der Waals surface area contributed by atoms with Crippen molar-refractivity contribution >= 4 is 46.1 Å². The summed E-state index contributed by atoms with van der Waals surface area (Å²) >= 11 is 5.90. The molecular formula is C35H41ClFN5O3. The molecule has 2 aliphatic heterocycles. The molecule has 45 heavy (non-hydrogen) atoms.